The Balaban J connectivity index is 1.18. The third-order valence-corrected chi connectivity index (χ3v) is 12.7. The zero-order valence-electron chi connectivity index (χ0n) is 34.2. The Morgan fingerprint density at radius 2 is 1.29 bits per heavy atom. The summed E-state index contributed by atoms with van der Waals surface area (Å²) in [6, 6.07) is 14.9. The number of amides is 3. The number of carbonyl (C=O) groups excluding carboxylic acids is 4. The van der Waals surface area contributed by atoms with Crippen LogP contribution in [0.3, 0.4) is 0 Å². The van der Waals surface area contributed by atoms with Gasteiger partial charge in [0.2, 0.25) is 5.91 Å². The fraction of sp³-hybridized carbons (Fsp3) is 0.415. The number of aliphatic hydroxyl groups excluding tert-OH is 2. The van der Waals surface area contributed by atoms with Gasteiger partial charge in [0, 0.05) is 72.6 Å². The number of nitro groups is 3. The Hall–Kier alpha value is -6.65. The number of esters is 1. The first-order valence-electron chi connectivity index (χ1n) is 19.7. The van der Waals surface area contributed by atoms with Crippen LogP contribution < -0.4 is 0 Å². The average Bonchev–Trinajstić information content (AvgIpc) is 3.79. The first-order valence-corrected chi connectivity index (χ1v) is 20.6. The first kappa shape index (κ1) is 45.9. The molecule has 0 bridgehead atoms. The number of non-ortho nitro benzene ring substituents is 3. The smallest absolute Gasteiger partial charge is 0.410 e. The topological polar surface area (TPSA) is 276 Å². The summed E-state index contributed by atoms with van der Waals surface area (Å²) in [6.07, 6.45) is -3.61. The fourth-order valence-electron chi connectivity index (χ4n) is 7.79. The molecule has 22 heteroatoms. The number of aliphatic hydroxyl groups is 2. The van der Waals surface area contributed by atoms with Crippen LogP contribution in [0, 0.1) is 42.2 Å². The van der Waals surface area contributed by atoms with Crippen LogP contribution >= 0.6 is 11.8 Å². The van der Waals surface area contributed by atoms with Gasteiger partial charge in [-0.2, -0.15) is 0 Å². The molecule has 0 spiro atoms. The van der Waals surface area contributed by atoms with Gasteiger partial charge in [0.25, 0.3) is 17.1 Å². The van der Waals surface area contributed by atoms with Crippen molar-refractivity contribution in [2.24, 2.45) is 11.8 Å². The average molecular weight is 893 g/mol. The number of carbonyl (C=O) groups is 4. The van der Waals surface area contributed by atoms with E-state index in [1.54, 1.807) is 0 Å². The highest BCUT2D eigenvalue weighted by Crippen LogP contribution is 2.52. The largest absolute Gasteiger partial charge is 0.456 e. The van der Waals surface area contributed by atoms with Crippen molar-refractivity contribution in [2.75, 3.05) is 20.1 Å². The van der Waals surface area contributed by atoms with Crippen LogP contribution in [0.1, 0.15) is 43.4 Å². The summed E-state index contributed by atoms with van der Waals surface area (Å²) >= 11 is 1.23. The van der Waals surface area contributed by atoms with E-state index in [9.17, 15) is 59.7 Å². The van der Waals surface area contributed by atoms with Gasteiger partial charge in [-0.15, -0.1) is 11.8 Å². The maximum atomic E-state index is 13.8. The van der Waals surface area contributed by atoms with Gasteiger partial charge in [-0.1, -0.05) is 6.92 Å². The molecule has 3 aliphatic heterocycles. The van der Waals surface area contributed by atoms with Crippen LogP contribution in [0.15, 0.2) is 83.4 Å². The lowest BCUT2D eigenvalue weighted by Gasteiger charge is -2.46. The molecule has 7 atom stereocenters. The lowest BCUT2D eigenvalue weighted by atomic mass is 9.79. The molecule has 63 heavy (non-hydrogen) atoms. The summed E-state index contributed by atoms with van der Waals surface area (Å²) in [7, 11) is 1.45. The summed E-state index contributed by atoms with van der Waals surface area (Å²) in [6.45, 7) is 2.64. The number of fused-ring (bicyclic) bond motifs is 1. The molecule has 0 unspecified atom stereocenters. The van der Waals surface area contributed by atoms with Crippen LogP contribution in [-0.2, 0) is 43.6 Å². The molecule has 3 aromatic rings. The van der Waals surface area contributed by atoms with Crippen LogP contribution in [-0.4, -0.2) is 113 Å². The molecule has 0 radical (unpaired) electrons. The van der Waals surface area contributed by atoms with Crippen molar-refractivity contribution in [1.82, 2.24) is 14.7 Å². The number of β-lactam (4-membered cyclic amide) rings is 1. The lowest BCUT2D eigenvalue weighted by molar-refractivity contribution is -0.385. The molecule has 0 aliphatic carbocycles. The van der Waals surface area contributed by atoms with E-state index in [2.05, 4.69) is 0 Å². The molecule has 3 aromatic carbocycles. The zero-order chi connectivity index (χ0) is 45.7. The SMILES string of the molecule is C[C@@H](O)[C@H]1C(=O)N2C(C(=O)OCc3ccc([N+](=O)[O-])cc3)=C(S[C@H]3C[C@@H]([C@H](O)CCN(C)C(=O)OCc4ccc([N+](=O)[O-])cc4)N(C(=O)OCc4ccc([N+](=O)[O-])cc4)C3)[C@H](C)[C@H]12. The molecular weight excluding hydrogens is 849 g/mol. The van der Waals surface area contributed by atoms with Crippen molar-refractivity contribution in [2.45, 2.75) is 76.1 Å². The van der Waals surface area contributed by atoms with E-state index in [1.807, 2.05) is 6.92 Å². The van der Waals surface area contributed by atoms with Gasteiger partial charge in [0.05, 0.1) is 45.0 Å². The minimum Gasteiger partial charge on any atom is -0.456 e. The predicted octanol–water partition coefficient (Wildman–Crippen LogP) is 5.06. The van der Waals surface area contributed by atoms with Gasteiger partial charge in [-0.25, -0.2) is 14.4 Å². The van der Waals surface area contributed by atoms with Crippen molar-refractivity contribution in [3.8, 4) is 0 Å². The Bertz CT molecular complexity index is 2270. The summed E-state index contributed by atoms with van der Waals surface area (Å²) in [5.41, 5.74) is 1.01. The van der Waals surface area contributed by atoms with E-state index < -0.39 is 80.2 Å². The second-order valence-electron chi connectivity index (χ2n) is 15.4. The van der Waals surface area contributed by atoms with Gasteiger partial charge in [-0.05, 0) is 72.9 Å². The number of hydrogen-bond donors (Lipinski definition) is 2. The number of benzene rings is 3. The molecular formula is C41H44N6O15S. The maximum absolute atomic E-state index is 13.8. The molecule has 2 saturated heterocycles. The molecule has 6 rings (SSSR count). The zero-order valence-corrected chi connectivity index (χ0v) is 35.0. The Labute approximate surface area is 363 Å². The van der Waals surface area contributed by atoms with Crippen LogP contribution in [0.5, 0.6) is 0 Å². The highest BCUT2D eigenvalue weighted by Gasteiger charge is 2.60. The van der Waals surface area contributed by atoms with E-state index in [0.717, 1.165) is 0 Å². The second-order valence-corrected chi connectivity index (χ2v) is 16.7. The summed E-state index contributed by atoms with van der Waals surface area (Å²) in [5, 5.41) is 54.8. The molecule has 0 aromatic heterocycles. The minimum absolute atomic E-state index is 0.00727. The van der Waals surface area contributed by atoms with Crippen LogP contribution in [0.25, 0.3) is 0 Å². The molecule has 3 amide bonds. The number of ether oxygens (including phenoxy) is 3. The summed E-state index contributed by atoms with van der Waals surface area (Å²) in [4.78, 5) is 89.7. The summed E-state index contributed by atoms with van der Waals surface area (Å²) in [5.74, 6) is -2.55. The van der Waals surface area contributed by atoms with Crippen molar-refractivity contribution >= 4 is 52.9 Å². The molecule has 0 saturated carbocycles. The number of rotatable bonds is 17. The third kappa shape index (κ3) is 10.4. The maximum Gasteiger partial charge on any atom is 0.410 e. The van der Waals surface area contributed by atoms with E-state index >= 15 is 0 Å². The molecule has 2 fully saturated rings. The van der Waals surface area contributed by atoms with E-state index in [-0.39, 0.29) is 68.5 Å². The molecule has 3 aliphatic rings. The van der Waals surface area contributed by atoms with Gasteiger partial charge in [-0.3, -0.25) is 35.1 Å². The fourth-order valence-corrected chi connectivity index (χ4v) is 9.32. The van der Waals surface area contributed by atoms with Crippen LogP contribution in [0.2, 0.25) is 0 Å². The number of hydrogen-bond acceptors (Lipinski definition) is 16. The van der Waals surface area contributed by atoms with Crippen molar-refractivity contribution in [3.63, 3.8) is 0 Å². The first-order chi connectivity index (χ1) is 29.9. The molecule has 2 N–H and O–H groups in total. The molecule has 21 nitrogen and oxygen atoms in total. The van der Waals surface area contributed by atoms with Gasteiger partial charge >= 0.3 is 18.2 Å². The standard InChI is InChI=1S/C41H44N6O15S/c1-23-35-34(24(2)48)38(50)44(35)36(39(51)60-20-25-4-10-28(11-5-25)45(54)55)37(23)63-31-18-32(43(19-31)41(53)62-22-27-8-14-30(15-9-27)47(58)59)33(49)16-17-42(3)40(52)61-21-26-6-12-29(13-7-26)46(56)57/h4-15,23-24,31-35,48-49H,16-22H2,1-3H3/t23-,24-,31+,32+,33-,34-,35-/m1/s1. The van der Waals surface area contributed by atoms with Gasteiger partial charge < -0.3 is 39.1 Å². The van der Waals surface area contributed by atoms with Gasteiger partial charge in [0.1, 0.15) is 25.5 Å². The van der Waals surface area contributed by atoms with Crippen molar-refractivity contribution in [3.05, 3.63) is 130 Å². The second kappa shape index (κ2) is 19.6. The Morgan fingerprint density at radius 3 is 1.76 bits per heavy atom. The summed E-state index contributed by atoms with van der Waals surface area (Å²) < 4.78 is 16.6. The monoisotopic (exact) mass is 892 g/mol. The van der Waals surface area contributed by atoms with E-state index in [0.29, 0.717) is 21.6 Å². The van der Waals surface area contributed by atoms with Gasteiger partial charge in [0.15, 0.2) is 0 Å². The highest BCUT2D eigenvalue weighted by atomic mass is 32.2. The lowest BCUT2D eigenvalue weighted by Crippen LogP contribution is -2.63. The number of nitro benzene ring substituents is 3. The minimum atomic E-state index is -1.21. The quantitative estimate of drug-likeness (QED) is 0.0589. The Kier molecular flexibility index (Phi) is 14.3. The normalized spacial score (nSPS) is 21.2. The molecule has 334 valence electrons. The Morgan fingerprint density at radius 1 is 0.810 bits per heavy atom. The number of nitrogens with zero attached hydrogens (tertiary/aromatic N) is 6. The molecule has 3 heterocycles. The number of thioether (sulfide) groups is 1. The van der Waals surface area contributed by atoms with E-state index in [4.69, 9.17) is 14.2 Å². The van der Waals surface area contributed by atoms with Crippen LogP contribution in [0.4, 0.5) is 26.7 Å². The van der Waals surface area contributed by atoms with E-state index in [1.165, 1.54) is 113 Å². The van der Waals surface area contributed by atoms with Crippen molar-refractivity contribution < 1.29 is 58.4 Å². The third-order valence-electron chi connectivity index (χ3n) is 11.2. The number of likely N-dealkylation sites (tertiary alicyclic amines) is 1. The highest BCUT2D eigenvalue weighted by molar-refractivity contribution is 8.03. The predicted molar refractivity (Wildman–Crippen MR) is 221 cm³/mol. The van der Waals surface area contributed by atoms with Crippen molar-refractivity contribution in [1.29, 1.82) is 0 Å².